The van der Waals surface area contributed by atoms with Crippen LogP contribution in [0.3, 0.4) is 0 Å². The first kappa shape index (κ1) is 3.01. The Morgan fingerprint density at radius 1 is 1.86 bits per heavy atom. The lowest BCUT2D eigenvalue weighted by atomic mass is 11.8. The molecule has 2 N–H and O–H groups in total. The smallest absolute Gasteiger partial charge is 0.261 e. The molecule has 0 aromatic heterocycles. The van der Waals surface area contributed by atoms with Crippen molar-refractivity contribution >= 4 is 10.1 Å². The molecule has 0 heterocycles. The Kier molecular flexibility index (Phi) is 1.74. The Balaban J connectivity index is 0. The summed E-state index contributed by atoms with van der Waals surface area (Å²) in [7, 11) is -6.21. The van der Waals surface area contributed by atoms with Crippen molar-refractivity contribution in [1.82, 2.24) is 0 Å². The molecule has 0 aliphatic rings. The van der Waals surface area contributed by atoms with E-state index in [4.69, 9.17) is 10.1 Å². The molecule has 0 saturated carbocycles. The third kappa shape index (κ3) is 5200. The highest BCUT2D eigenvalue weighted by Gasteiger charge is 1.81. The number of aliphatic hydroxyl groups is 1. The van der Waals surface area contributed by atoms with Crippen molar-refractivity contribution in [3.63, 3.8) is 0 Å². The summed E-state index contributed by atoms with van der Waals surface area (Å²) in [5, 5.41) is 3.19. The van der Waals surface area contributed by atoms with Crippen molar-refractivity contribution in [1.29, 1.82) is 1.43 Å². The van der Waals surface area contributed by atoms with Crippen molar-refractivity contribution in [3.05, 3.63) is 0 Å². The largest absolute Gasteiger partial charge is 0.400 e. The maximum atomic E-state index is 9.19. The first-order chi connectivity index (χ1) is 4.56. The van der Waals surface area contributed by atoms with Gasteiger partial charge in [0.05, 0.1) is 10.4 Å². The number of hydrogen-bond donors (Lipinski definition) is 2. The molecule has 5 heteroatoms. The molecule has 0 aromatic carbocycles. The fourth-order valence-electron chi connectivity index (χ4n) is 0. The standard InChI is InChI=1S/CH4O3S.CH4O/c1-5(2,3)4;1-2/h1H3,(H,2,3,4);2H,1H3/i;1D3,2D. The van der Waals surface area contributed by atoms with Gasteiger partial charge in [-0.25, -0.2) is 0 Å². The summed E-state index contributed by atoms with van der Waals surface area (Å²) in [6.07, 6.45) is 0.715. The van der Waals surface area contributed by atoms with Crippen LogP contribution < -0.4 is 0 Å². The fourth-order valence-corrected chi connectivity index (χ4v) is 0. The van der Waals surface area contributed by atoms with Crippen LogP contribution >= 0.6 is 0 Å². The van der Waals surface area contributed by atoms with E-state index >= 15 is 0 Å². The molecule has 0 rings (SSSR count). The van der Waals surface area contributed by atoms with Crippen LogP contribution in [0.1, 0.15) is 4.11 Å². The Morgan fingerprint density at radius 2 is 2.00 bits per heavy atom. The average Bonchev–Trinajstić information content (AvgIpc) is 1.59. The zero-order chi connectivity index (χ0) is 9.71. The Bertz CT molecular complexity index is 173. The highest BCUT2D eigenvalue weighted by Crippen LogP contribution is 1.60. The van der Waals surface area contributed by atoms with Crippen LogP contribution in [-0.2, 0) is 10.1 Å². The van der Waals surface area contributed by atoms with E-state index in [0.29, 0.717) is 6.26 Å². The predicted molar refractivity (Wildman–Crippen MR) is 25.6 cm³/mol. The van der Waals surface area contributed by atoms with Crippen LogP contribution in [0.5, 0.6) is 0 Å². The minimum atomic E-state index is -3.67. The van der Waals surface area contributed by atoms with Gasteiger partial charge in [-0.05, 0) is 0 Å². The fraction of sp³-hybridized carbons (Fsp3) is 1.00. The molecule has 0 unspecified atom stereocenters. The van der Waals surface area contributed by atoms with Gasteiger partial charge in [-0.15, -0.1) is 0 Å². The van der Waals surface area contributed by atoms with Crippen LogP contribution in [0.25, 0.3) is 0 Å². The maximum absolute atomic E-state index is 9.19. The summed E-state index contributed by atoms with van der Waals surface area (Å²) in [5.41, 5.74) is 0. The maximum Gasteiger partial charge on any atom is 0.261 e. The molecule has 46 valence electrons. The SMILES string of the molecule is CS(=O)(=O)O.[2H]OC([2H])([2H])[2H]. The van der Waals surface area contributed by atoms with Gasteiger partial charge >= 0.3 is 0 Å². The molecule has 0 atom stereocenters. The molecular weight excluding hydrogens is 120 g/mol. The Hall–Kier alpha value is -0.130. The van der Waals surface area contributed by atoms with Gasteiger partial charge in [0.15, 0.2) is 0 Å². The summed E-state index contributed by atoms with van der Waals surface area (Å²) >= 11 is 0. The van der Waals surface area contributed by atoms with Crippen LogP contribution in [-0.4, -0.2) is 32.8 Å². The van der Waals surface area contributed by atoms with E-state index in [0.717, 1.165) is 0 Å². The second-order valence-corrected chi connectivity index (χ2v) is 2.20. The summed E-state index contributed by atoms with van der Waals surface area (Å²) in [6.45, 7) is 0. The van der Waals surface area contributed by atoms with E-state index in [1.165, 1.54) is 0 Å². The quantitative estimate of drug-likeness (QED) is 0.419. The highest BCUT2D eigenvalue weighted by molar-refractivity contribution is 7.85. The summed E-state index contributed by atoms with van der Waals surface area (Å²) in [4.78, 5) is 0. The summed E-state index contributed by atoms with van der Waals surface area (Å²) < 4.78 is 50.0. The summed E-state index contributed by atoms with van der Waals surface area (Å²) in [5.74, 6) is 0. The van der Waals surface area contributed by atoms with Crippen LogP contribution in [0.4, 0.5) is 0 Å². The Morgan fingerprint density at radius 3 is 2.00 bits per heavy atom. The normalized spacial score (nSPS) is 19.1. The summed E-state index contributed by atoms with van der Waals surface area (Å²) in [6, 6.07) is 0. The lowest BCUT2D eigenvalue weighted by Gasteiger charge is -1.69. The molecule has 0 aromatic rings. The van der Waals surface area contributed by atoms with Crippen molar-refractivity contribution < 1.29 is 22.2 Å². The van der Waals surface area contributed by atoms with Crippen LogP contribution in [0.2, 0.25) is 0 Å². The zero-order valence-corrected chi connectivity index (χ0v) is 4.40. The van der Waals surface area contributed by atoms with Crippen molar-refractivity contribution in [2.45, 2.75) is 0 Å². The number of hydrogen-bond acceptors (Lipinski definition) is 3. The molecule has 0 aliphatic heterocycles. The van der Waals surface area contributed by atoms with Crippen molar-refractivity contribution in [2.75, 3.05) is 13.3 Å². The third-order valence-electron chi connectivity index (χ3n) is 0. The van der Waals surface area contributed by atoms with E-state index in [9.17, 15) is 8.42 Å². The van der Waals surface area contributed by atoms with Gasteiger partial charge in [-0.1, -0.05) is 0 Å². The second-order valence-electron chi connectivity index (χ2n) is 0.733. The monoisotopic (exact) mass is 132 g/mol. The predicted octanol–water partition coefficient (Wildman–Crippen LogP) is -0.887. The molecule has 0 spiro atoms. The molecule has 7 heavy (non-hydrogen) atoms. The first-order valence-corrected chi connectivity index (χ1v) is 2.98. The van der Waals surface area contributed by atoms with Gasteiger partial charge in [0.1, 0.15) is 0 Å². The average molecular weight is 132 g/mol. The molecule has 0 amide bonds. The van der Waals surface area contributed by atoms with Crippen molar-refractivity contribution in [3.8, 4) is 0 Å². The lowest BCUT2D eigenvalue weighted by molar-refractivity contribution is 0.399. The molecule has 4 nitrogen and oxygen atoms in total. The van der Waals surface area contributed by atoms with E-state index in [1.807, 2.05) is 0 Å². The minimum Gasteiger partial charge on any atom is -0.400 e. The topological polar surface area (TPSA) is 74.6 Å². The van der Waals surface area contributed by atoms with E-state index in [1.54, 1.807) is 0 Å². The van der Waals surface area contributed by atoms with Gasteiger partial charge in [0, 0.05) is 7.04 Å². The van der Waals surface area contributed by atoms with Gasteiger partial charge in [0.2, 0.25) is 1.43 Å². The van der Waals surface area contributed by atoms with Gasteiger partial charge in [-0.3, -0.25) is 4.55 Å². The van der Waals surface area contributed by atoms with Gasteiger partial charge in [0.25, 0.3) is 10.1 Å². The molecule has 0 aliphatic carbocycles. The van der Waals surface area contributed by atoms with E-state index in [2.05, 4.69) is 5.11 Å². The number of rotatable bonds is 0. The van der Waals surface area contributed by atoms with E-state index < -0.39 is 17.2 Å². The zero-order valence-electron chi connectivity index (χ0n) is 7.58. The van der Waals surface area contributed by atoms with E-state index in [-0.39, 0.29) is 0 Å². The first-order valence-electron chi connectivity index (χ1n) is 3.04. The van der Waals surface area contributed by atoms with Gasteiger partial charge < -0.3 is 5.11 Å². The molecule has 0 saturated heterocycles. The van der Waals surface area contributed by atoms with Crippen LogP contribution in [0, 0.1) is 0 Å². The molecule has 0 bridgehead atoms. The lowest BCUT2D eigenvalue weighted by Crippen LogP contribution is -1.88. The third-order valence-corrected chi connectivity index (χ3v) is 0. The molecule has 0 fully saturated rings. The molecular formula is C2H8O4S. The van der Waals surface area contributed by atoms with Gasteiger partial charge in [-0.2, -0.15) is 8.42 Å². The van der Waals surface area contributed by atoms with Crippen molar-refractivity contribution in [2.24, 2.45) is 0 Å². The second kappa shape index (κ2) is 4.04. The minimum absolute atomic E-state index is 0.715. The molecule has 0 radical (unpaired) electrons. The van der Waals surface area contributed by atoms with Crippen LogP contribution in [0.15, 0.2) is 0 Å². The Labute approximate surface area is 48.2 Å². The highest BCUT2D eigenvalue weighted by atomic mass is 32.2.